The zero-order valence-electron chi connectivity index (χ0n) is 13.4. The third kappa shape index (κ3) is 6.12. The van der Waals surface area contributed by atoms with Crippen molar-refractivity contribution in [3.8, 4) is 10.6 Å². The Labute approximate surface area is 146 Å². The summed E-state index contributed by atoms with van der Waals surface area (Å²) in [4.78, 5) is 10.7. The Morgan fingerprint density at radius 1 is 1.25 bits per heavy atom. The van der Waals surface area contributed by atoms with Crippen LogP contribution in [0.4, 0.5) is 13.2 Å². The van der Waals surface area contributed by atoms with Crippen LogP contribution in [0.1, 0.15) is 16.3 Å². The largest absolute Gasteiger partial charge is 0.390 e. The molecule has 2 rings (SSSR count). The first kappa shape index (κ1) is 18.7. The fraction of sp³-hybridized carbons (Fsp3) is 0.467. The van der Waals surface area contributed by atoms with Crippen LogP contribution in [0, 0.1) is 6.92 Å². The molecule has 0 saturated heterocycles. The van der Waals surface area contributed by atoms with Gasteiger partial charge in [-0.05, 0) is 25.5 Å². The van der Waals surface area contributed by atoms with Gasteiger partial charge in [0.25, 0.3) is 0 Å². The predicted molar refractivity (Wildman–Crippen MR) is 93.9 cm³/mol. The first-order chi connectivity index (χ1) is 11.4. The van der Waals surface area contributed by atoms with Crippen LogP contribution in [0.5, 0.6) is 0 Å². The zero-order valence-corrected chi connectivity index (χ0v) is 15.0. The summed E-state index contributed by atoms with van der Waals surface area (Å²) in [5.41, 5.74) is 0.992. The first-order valence-electron chi connectivity index (χ1n) is 7.40. The number of aryl methyl sites for hydroxylation is 1. The molecule has 2 aromatic rings. The maximum Gasteiger partial charge on any atom is 0.390 e. The molecule has 4 nitrogen and oxygen atoms in total. The van der Waals surface area contributed by atoms with E-state index in [9.17, 15) is 13.2 Å². The second kappa shape index (κ2) is 8.48. The quantitative estimate of drug-likeness (QED) is 0.595. The van der Waals surface area contributed by atoms with Gasteiger partial charge in [0.1, 0.15) is 0 Å². The van der Waals surface area contributed by atoms with E-state index in [0.29, 0.717) is 12.5 Å². The van der Waals surface area contributed by atoms with Gasteiger partial charge in [-0.25, -0.2) is 4.98 Å². The Hall–Kier alpha value is -1.61. The second-order valence-corrected chi connectivity index (χ2v) is 7.29. The summed E-state index contributed by atoms with van der Waals surface area (Å²) in [5, 5.41) is 8.76. The van der Waals surface area contributed by atoms with Crippen LogP contribution in [-0.2, 0) is 6.42 Å². The number of alkyl halides is 3. The lowest BCUT2D eigenvalue weighted by Gasteiger charge is -2.12. The molecule has 2 heterocycles. The van der Waals surface area contributed by atoms with Crippen molar-refractivity contribution in [2.75, 3.05) is 20.1 Å². The van der Waals surface area contributed by atoms with Crippen LogP contribution in [0.15, 0.2) is 22.5 Å². The normalized spacial score (nSPS) is 12.5. The van der Waals surface area contributed by atoms with E-state index in [1.165, 1.54) is 11.9 Å². The molecule has 0 aliphatic heterocycles. The summed E-state index contributed by atoms with van der Waals surface area (Å²) in [6.07, 6.45) is -4.27. The van der Waals surface area contributed by atoms with Crippen molar-refractivity contribution in [2.24, 2.45) is 4.99 Å². The van der Waals surface area contributed by atoms with Gasteiger partial charge in [-0.2, -0.15) is 13.2 Å². The molecule has 0 fully saturated rings. The SMILES string of the molecule is CN=C(NCCc1ccc(-c2csc(C)n2)s1)NCCC(F)(F)F. The average molecular weight is 376 g/mol. The Morgan fingerprint density at radius 2 is 2.00 bits per heavy atom. The Kier molecular flexibility index (Phi) is 6.61. The average Bonchev–Trinajstić information content (AvgIpc) is 3.13. The van der Waals surface area contributed by atoms with E-state index in [-0.39, 0.29) is 6.54 Å². The number of nitrogens with one attached hydrogen (secondary N) is 2. The van der Waals surface area contributed by atoms with Crippen molar-refractivity contribution >= 4 is 28.6 Å². The van der Waals surface area contributed by atoms with Gasteiger partial charge in [0.2, 0.25) is 0 Å². The fourth-order valence-corrected chi connectivity index (χ4v) is 3.63. The highest BCUT2D eigenvalue weighted by Crippen LogP contribution is 2.29. The molecule has 9 heteroatoms. The molecule has 0 aliphatic rings. The molecule has 132 valence electrons. The van der Waals surface area contributed by atoms with Crippen LogP contribution in [0.3, 0.4) is 0 Å². The predicted octanol–water partition coefficient (Wildman–Crippen LogP) is 3.84. The molecule has 0 aliphatic carbocycles. The Bertz CT molecular complexity index is 676. The number of thiazole rings is 1. The van der Waals surface area contributed by atoms with Gasteiger partial charge in [0, 0.05) is 30.4 Å². The van der Waals surface area contributed by atoms with Crippen molar-refractivity contribution in [3.05, 3.63) is 27.4 Å². The monoisotopic (exact) mass is 376 g/mol. The van der Waals surface area contributed by atoms with Gasteiger partial charge in [-0.15, -0.1) is 22.7 Å². The van der Waals surface area contributed by atoms with Crippen LogP contribution >= 0.6 is 22.7 Å². The number of thiophene rings is 1. The van der Waals surface area contributed by atoms with Gasteiger partial charge in [-0.1, -0.05) is 0 Å². The van der Waals surface area contributed by atoms with Gasteiger partial charge in [0.15, 0.2) is 5.96 Å². The molecular weight excluding hydrogens is 357 g/mol. The number of aromatic nitrogens is 1. The molecule has 0 amide bonds. The van der Waals surface area contributed by atoms with E-state index in [1.807, 2.05) is 18.4 Å². The molecule has 0 spiro atoms. The molecule has 0 atom stereocenters. The number of halogens is 3. The third-order valence-corrected chi connectivity index (χ3v) is 5.06. The number of hydrogen-bond acceptors (Lipinski definition) is 4. The second-order valence-electron chi connectivity index (χ2n) is 5.06. The summed E-state index contributed by atoms with van der Waals surface area (Å²) in [6.45, 7) is 2.39. The minimum absolute atomic E-state index is 0.185. The highest BCUT2D eigenvalue weighted by Gasteiger charge is 2.26. The number of aliphatic imine (C=N–C) groups is 1. The number of rotatable bonds is 6. The lowest BCUT2D eigenvalue weighted by Crippen LogP contribution is -2.39. The van der Waals surface area contributed by atoms with E-state index in [4.69, 9.17) is 0 Å². The molecular formula is C15H19F3N4S2. The molecule has 0 radical (unpaired) electrons. The van der Waals surface area contributed by atoms with Gasteiger partial charge < -0.3 is 10.6 Å². The molecule has 0 bridgehead atoms. The van der Waals surface area contributed by atoms with E-state index in [2.05, 4.69) is 26.7 Å². The number of nitrogens with zero attached hydrogens (tertiary/aromatic N) is 2. The molecule has 0 aromatic carbocycles. The summed E-state index contributed by atoms with van der Waals surface area (Å²) < 4.78 is 36.4. The van der Waals surface area contributed by atoms with E-state index in [1.54, 1.807) is 22.7 Å². The Morgan fingerprint density at radius 3 is 2.62 bits per heavy atom. The summed E-state index contributed by atoms with van der Waals surface area (Å²) in [7, 11) is 1.54. The van der Waals surface area contributed by atoms with Crippen molar-refractivity contribution in [1.82, 2.24) is 15.6 Å². The maximum absolute atomic E-state index is 12.1. The van der Waals surface area contributed by atoms with Crippen LogP contribution in [-0.4, -0.2) is 37.3 Å². The van der Waals surface area contributed by atoms with Crippen molar-refractivity contribution in [1.29, 1.82) is 0 Å². The summed E-state index contributed by atoms with van der Waals surface area (Å²) in [5.74, 6) is 0.381. The Balaban J connectivity index is 1.76. The lowest BCUT2D eigenvalue weighted by atomic mass is 10.3. The van der Waals surface area contributed by atoms with E-state index < -0.39 is 12.6 Å². The minimum Gasteiger partial charge on any atom is -0.356 e. The topological polar surface area (TPSA) is 49.3 Å². The molecule has 0 saturated carbocycles. The molecule has 0 unspecified atom stereocenters. The number of hydrogen-bond donors (Lipinski definition) is 2. The zero-order chi connectivity index (χ0) is 17.6. The van der Waals surface area contributed by atoms with Crippen molar-refractivity contribution in [3.63, 3.8) is 0 Å². The fourth-order valence-electron chi connectivity index (χ4n) is 1.97. The smallest absolute Gasteiger partial charge is 0.356 e. The lowest BCUT2D eigenvalue weighted by molar-refractivity contribution is -0.132. The highest BCUT2D eigenvalue weighted by molar-refractivity contribution is 7.16. The van der Waals surface area contributed by atoms with Crippen LogP contribution in [0.25, 0.3) is 10.6 Å². The summed E-state index contributed by atoms with van der Waals surface area (Å²) in [6, 6.07) is 4.10. The first-order valence-corrected chi connectivity index (χ1v) is 9.09. The van der Waals surface area contributed by atoms with Crippen LogP contribution in [0.2, 0.25) is 0 Å². The maximum atomic E-state index is 12.1. The summed E-state index contributed by atoms with van der Waals surface area (Å²) >= 11 is 3.30. The third-order valence-electron chi connectivity index (χ3n) is 3.12. The molecule has 24 heavy (non-hydrogen) atoms. The number of guanidine groups is 1. The minimum atomic E-state index is -4.16. The van der Waals surface area contributed by atoms with Gasteiger partial charge >= 0.3 is 6.18 Å². The molecule has 2 N–H and O–H groups in total. The van der Waals surface area contributed by atoms with Gasteiger partial charge in [-0.3, -0.25) is 4.99 Å². The van der Waals surface area contributed by atoms with Gasteiger partial charge in [0.05, 0.1) is 22.0 Å². The molecule has 2 aromatic heterocycles. The van der Waals surface area contributed by atoms with E-state index in [0.717, 1.165) is 22.0 Å². The highest BCUT2D eigenvalue weighted by atomic mass is 32.1. The van der Waals surface area contributed by atoms with E-state index >= 15 is 0 Å². The standard InChI is InChI=1S/C15H19F3N4S2/c1-10-22-12(9-23-10)13-4-3-11(24-13)5-7-20-14(19-2)21-8-6-15(16,17)18/h3-4,9H,5-8H2,1-2H3,(H2,19,20,21). The van der Waals surface area contributed by atoms with Crippen molar-refractivity contribution in [2.45, 2.75) is 25.9 Å². The van der Waals surface area contributed by atoms with Crippen LogP contribution < -0.4 is 10.6 Å². The van der Waals surface area contributed by atoms with Crippen molar-refractivity contribution < 1.29 is 13.2 Å².